The third-order valence-electron chi connectivity index (χ3n) is 4.02. The van der Waals surface area contributed by atoms with Crippen LogP contribution in [0.2, 0.25) is 0 Å². The van der Waals surface area contributed by atoms with Crippen molar-refractivity contribution in [2.24, 2.45) is 7.05 Å². The maximum absolute atomic E-state index is 4.29. The zero-order valence-electron chi connectivity index (χ0n) is 13.2. The van der Waals surface area contributed by atoms with Crippen molar-refractivity contribution < 1.29 is 0 Å². The first kappa shape index (κ1) is 14.8. The number of nitrogens with zero attached hydrogens (tertiary/aromatic N) is 4. The van der Waals surface area contributed by atoms with Gasteiger partial charge in [0.2, 0.25) is 0 Å². The average Bonchev–Trinajstić information content (AvgIpc) is 2.88. The highest BCUT2D eigenvalue weighted by Gasteiger charge is 2.09. The van der Waals surface area contributed by atoms with Crippen LogP contribution in [0, 0.1) is 20.8 Å². The van der Waals surface area contributed by atoms with Crippen LogP contribution >= 0.6 is 0 Å². The third kappa shape index (κ3) is 3.28. The van der Waals surface area contributed by atoms with Crippen LogP contribution in [0.15, 0.2) is 6.20 Å². The molecule has 2 rings (SSSR count). The first-order valence-corrected chi connectivity index (χ1v) is 7.15. The Bertz CT molecular complexity index is 547. The predicted molar refractivity (Wildman–Crippen MR) is 80.7 cm³/mol. The Kier molecular flexibility index (Phi) is 4.60. The molecule has 0 unspecified atom stereocenters. The molecule has 110 valence electrons. The quantitative estimate of drug-likeness (QED) is 0.878. The van der Waals surface area contributed by atoms with E-state index in [1.165, 1.54) is 22.5 Å². The first-order valence-electron chi connectivity index (χ1n) is 7.15. The van der Waals surface area contributed by atoms with Crippen molar-refractivity contribution in [3.05, 3.63) is 34.4 Å². The van der Waals surface area contributed by atoms with E-state index in [0.717, 1.165) is 31.6 Å². The molecule has 0 amide bonds. The van der Waals surface area contributed by atoms with Gasteiger partial charge in [0, 0.05) is 30.5 Å². The summed E-state index contributed by atoms with van der Waals surface area (Å²) in [6.07, 6.45) is 4.21. The molecular formula is C15H25N5. The van der Waals surface area contributed by atoms with Gasteiger partial charge in [-0.05, 0) is 52.8 Å². The zero-order valence-corrected chi connectivity index (χ0v) is 13.2. The van der Waals surface area contributed by atoms with E-state index in [1.807, 2.05) is 17.9 Å². The van der Waals surface area contributed by atoms with Gasteiger partial charge in [0.25, 0.3) is 0 Å². The number of aryl methyl sites for hydroxylation is 3. The van der Waals surface area contributed by atoms with Gasteiger partial charge in [0.05, 0.1) is 11.9 Å². The van der Waals surface area contributed by atoms with Crippen LogP contribution in [0.1, 0.15) is 34.6 Å². The molecule has 2 heterocycles. The zero-order chi connectivity index (χ0) is 14.7. The van der Waals surface area contributed by atoms with Crippen LogP contribution in [0.3, 0.4) is 0 Å². The van der Waals surface area contributed by atoms with Gasteiger partial charge in [-0.15, -0.1) is 0 Å². The Morgan fingerprint density at radius 2 is 2.05 bits per heavy atom. The largest absolute Gasteiger partial charge is 0.302 e. The summed E-state index contributed by atoms with van der Waals surface area (Å²) in [5.74, 6) is 0. The summed E-state index contributed by atoms with van der Waals surface area (Å²) in [4.78, 5) is 2.36. The summed E-state index contributed by atoms with van der Waals surface area (Å²) in [7, 11) is 4.16. The first-order chi connectivity index (χ1) is 9.49. The molecule has 0 fully saturated rings. The van der Waals surface area contributed by atoms with Crippen molar-refractivity contribution in [3.8, 4) is 0 Å². The summed E-state index contributed by atoms with van der Waals surface area (Å²) in [5, 5.41) is 11.6. The van der Waals surface area contributed by atoms with Crippen LogP contribution in [0.5, 0.6) is 0 Å². The molecule has 2 aromatic rings. The molecule has 0 saturated heterocycles. The Balaban J connectivity index is 1.81. The molecule has 5 nitrogen and oxygen atoms in total. The van der Waals surface area contributed by atoms with E-state index in [1.54, 1.807) is 0 Å². The molecule has 0 bridgehead atoms. The Morgan fingerprint density at radius 1 is 1.30 bits per heavy atom. The van der Waals surface area contributed by atoms with E-state index in [0.29, 0.717) is 0 Å². The van der Waals surface area contributed by atoms with Gasteiger partial charge < -0.3 is 4.90 Å². The van der Waals surface area contributed by atoms with Gasteiger partial charge in [-0.1, -0.05) is 0 Å². The number of nitrogens with one attached hydrogen (secondary N) is 1. The molecule has 0 aliphatic carbocycles. The van der Waals surface area contributed by atoms with Crippen molar-refractivity contribution in [1.82, 2.24) is 24.9 Å². The second-order valence-electron chi connectivity index (χ2n) is 5.63. The topological polar surface area (TPSA) is 49.7 Å². The number of aromatic amines is 1. The molecule has 0 saturated carbocycles. The lowest BCUT2D eigenvalue weighted by atomic mass is 10.1. The summed E-state index contributed by atoms with van der Waals surface area (Å²) in [6.45, 7) is 8.33. The molecular weight excluding hydrogens is 250 g/mol. The highest BCUT2D eigenvalue weighted by Crippen LogP contribution is 2.13. The number of hydrogen-bond donors (Lipinski definition) is 1. The number of H-pyrrole nitrogens is 1. The molecule has 0 atom stereocenters. The van der Waals surface area contributed by atoms with E-state index in [2.05, 4.69) is 48.0 Å². The molecule has 0 aliphatic heterocycles. The molecule has 5 heteroatoms. The van der Waals surface area contributed by atoms with Gasteiger partial charge in [-0.25, -0.2) is 0 Å². The van der Waals surface area contributed by atoms with E-state index in [4.69, 9.17) is 0 Å². The Hall–Kier alpha value is -1.62. The highest BCUT2D eigenvalue weighted by atomic mass is 15.3. The minimum absolute atomic E-state index is 0.961. The minimum Gasteiger partial charge on any atom is -0.302 e. The predicted octanol–water partition coefficient (Wildman–Crippen LogP) is 2.13. The fourth-order valence-electron chi connectivity index (χ4n) is 2.54. The average molecular weight is 275 g/mol. The molecule has 0 spiro atoms. The van der Waals surface area contributed by atoms with Crippen LogP contribution in [-0.2, 0) is 20.0 Å². The fraction of sp³-hybridized carbons (Fsp3) is 0.600. The van der Waals surface area contributed by atoms with Crippen molar-refractivity contribution >= 4 is 0 Å². The lowest BCUT2D eigenvalue weighted by molar-refractivity contribution is 0.321. The monoisotopic (exact) mass is 275 g/mol. The van der Waals surface area contributed by atoms with Crippen LogP contribution in [0.25, 0.3) is 0 Å². The standard InChI is InChI=1S/C15H25N5/c1-11-15(12(2)18-17-11)7-6-8-19(4)10-14-9-16-20(5)13(14)3/h9H,6-8,10H2,1-5H3,(H,17,18). The van der Waals surface area contributed by atoms with Crippen LogP contribution in [0.4, 0.5) is 0 Å². The lowest BCUT2D eigenvalue weighted by Crippen LogP contribution is -2.20. The Labute approximate surface area is 121 Å². The second kappa shape index (κ2) is 6.22. The minimum atomic E-state index is 0.961. The van der Waals surface area contributed by atoms with E-state index < -0.39 is 0 Å². The van der Waals surface area contributed by atoms with Gasteiger partial charge >= 0.3 is 0 Å². The van der Waals surface area contributed by atoms with Gasteiger partial charge in [0.15, 0.2) is 0 Å². The second-order valence-corrected chi connectivity index (χ2v) is 5.63. The van der Waals surface area contributed by atoms with Gasteiger partial charge in [-0.2, -0.15) is 10.2 Å². The maximum atomic E-state index is 4.29. The molecule has 0 aromatic carbocycles. The summed E-state index contributed by atoms with van der Waals surface area (Å²) in [5.41, 5.74) is 6.27. The molecule has 2 aromatic heterocycles. The molecule has 20 heavy (non-hydrogen) atoms. The van der Waals surface area contributed by atoms with E-state index in [9.17, 15) is 0 Å². The van der Waals surface area contributed by atoms with Gasteiger partial charge in [-0.3, -0.25) is 9.78 Å². The van der Waals surface area contributed by atoms with E-state index in [-0.39, 0.29) is 0 Å². The third-order valence-corrected chi connectivity index (χ3v) is 4.02. The lowest BCUT2D eigenvalue weighted by Gasteiger charge is -2.16. The summed E-state index contributed by atoms with van der Waals surface area (Å²) >= 11 is 0. The maximum Gasteiger partial charge on any atom is 0.0625 e. The van der Waals surface area contributed by atoms with Crippen molar-refractivity contribution in [3.63, 3.8) is 0 Å². The summed E-state index contributed by atoms with van der Waals surface area (Å²) < 4.78 is 1.93. The normalized spacial score (nSPS) is 11.5. The number of rotatable bonds is 6. The van der Waals surface area contributed by atoms with E-state index >= 15 is 0 Å². The fourth-order valence-corrected chi connectivity index (χ4v) is 2.54. The summed E-state index contributed by atoms with van der Waals surface area (Å²) in [6, 6.07) is 0. The van der Waals surface area contributed by atoms with Crippen LogP contribution < -0.4 is 0 Å². The highest BCUT2D eigenvalue weighted by molar-refractivity contribution is 5.23. The number of aromatic nitrogens is 4. The SMILES string of the molecule is Cc1n[nH]c(C)c1CCCN(C)Cc1cnn(C)c1C. The molecule has 1 N–H and O–H groups in total. The smallest absolute Gasteiger partial charge is 0.0625 e. The molecule has 0 aliphatic rings. The van der Waals surface area contributed by atoms with Crippen molar-refractivity contribution in [1.29, 1.82) is 0 Å². The van der Waals surface area contributed by atoms with Crippen molar-refractivity contribution in [2.45, 2.75) is 40.2 Å². The van der Waals surface area contributed by atoms with Gasteiger partial charge in [0.1, 0.15) is 0 Å². The number of hydrogen-bond acceptors (Lipinski definition) is 3. The molecule has 0 radical (unpaired) electrons. The van der Waals surface area contributed by atoms with Crippen LogP contribution in [-0.4, -0.2) is 38.5 Å². The van der Waals surface area contributed by atoms with Crippen molar-refractivity contribution in [2.75, 3.05) is 13.6 Å². The Morgan fingerprint density at radius 3 is 2.60 bits per heavy atom.